The Labute approximate surface area is 179 Å². The van der Waals surface area contributed by atoms with Crippen LogP contribution in [0.3, 0.4) is 0 Å². The van der Waals surface area contributed by atoms with Crippen LogP contribution in [-0.2, 0) is 17.9 Å². The lowest BCUT2D eigenvalue weighted by Crippen LogP contribution is -2.37. The van der Waals surface area contributed by atoms with Crippen molar-refractivity contribution in [3.05, 3.63) is 71.8 Å². The van der Waals surface area contributed by atoms with Crippen molar-refractivity contribution >= 4 is 17.7 Å². The fourth-order valence-electron chi connectivity index (χ4n) is 2.73. The lowest BCUT2D eigenvalue weighted by Gasteiger charge is -2.26. The van der Waals surface area contributed by atoms with E-state index in [9.17, 15) is 9.18 Å². The molecule has 0 aliphatic rings. The lowest BCUT2D eigenvalue weighted by atomic mass is 10.2. The number of ether oxygens (including phenoxy) is 1. The molecular weight excluding hydrogens is 405 g/mol. The SMILES string of the molecule is CC(C)N(Cc1ccccc1)C(=O)CSc1nnc(COc2ccc(F)cc2)n1N. The van der Waals surface area contributed by atoms with Crippen molar-refractivity contribution in [2.75, 3.05) is 11.6 Å². The predicted octanol–water partition coefficient (Wildman–Crippen LogP) is 3.24. The largest absolute Gasteiger partial charge is 0.486 e. The van der Waals surface area contributed by atoms with Gasteiger partial charge in [-0.3, -0.25) is 4.79 Å². The highest BCUT2D eigenvalue weighted by Gasteiger charge is 2.19. The summed E-state index contributed by atoms with van der Waals surface area (Å²) in [5.41, 5.74) is 1.08. The van der Waals surface area contributed by atoms with Crippen LogP contribution in [0.1, 0.15) is 25.2 Å². The number of nitrogens with zero attached hydrogens (tertiary/aromatic N) is 4. The number of carbonyl (C=O) groups is 1. The van der Waals surface area contributed by atoms with Crippen LogP contribution in [-0.4, -0.2) is 37.5 Å². The molecule has 0 saturated heterocycles. The molecule has 1 heterocycles. The van der Waals surface area contributed by atoms with Gasteiger partial charge in [0, 0.05) is 12.6 Å². The van der Waals surface area contributed by atoms with E-state index in [2.05, 4.69) is 10.2 Å². The van der Waals surface area contributed by atoms with E-state index in [1.807, 2.05) is 49.1 Å². The summed E-state index contributed by atoms with van der Waals surface area (Å²) in [6.45, 7) is 4.60. The molecule has 3 rings (SSSR count). The highest BCUT2D eigenvalue weighted by atomic mass is 32.2. The van der Waals surface area contributed by atoms with E-state index in [0.29, 0.717) is 23.3 Å². The molecule has 0 spiro atoms. The summed E-state index contributed by atoms with van der Waals surface area (Å²) in [6, 6.07) is 15.6. The van der Waals surface area contributed by atoms with Crippen molar-refractivity contribution in [2.45, 2.75) is 38.2 Å². The van der Waals surface area contributed by atoms with Crippen LogP contribution in [0, 0.1) is 5.82 Å². The molecule has 2 aromatic carbocycles. The van der Waals surface area contributed by atoms with Crippen molar-refractivity contribution in [3.8, 4) is 5.75 Å². The summed E-state index contributed by atoms with van der Waals surface area (Å²) in [7, 11) is 0. The molecule has 1 aromatic heterocycles. The molecule has 2 N–H and O–H groups in total. The Balaban J connectivity index is 1.56. The second kappa shape index (κ2) is 10.1. The summed E-state index contributed by atoms with van der Waals surface area (Å²) in [4.78, 5) is 14.6. The van der Waals surface area contributed by atoms with E-state index in [1.54, 1.807) is 0 Å². The average molecular weight is 430 g/mol. The minimum atomic E-state index is -0.338. The lowest BCUT2D eigenvalue weighted by molar-refractivity contribution is -0.130. The number of hydrogen-bond acceptors (Lipinski definition) is 6. The maximum atomic E-state index is 13.0. The van der Waals surface area contributed by atoms with Crippen LogP contribution in [0.5, 0.6) is 5.75 Å². The molecule has 0 aliphatic heterocycles. The molecule has 0 fully saturated rings. The van der Waals surface area contributed by atoms with Gasteiger partial charge in [-0.1, -0.05) is 42.1 Å². The fourth-order valence-corrected chi connectivity index (χ4v) is 3.49. The number of benzene rings is 2. The number of carbonyl (C=O) groups excluding carboxylic acids is 1. The topological polar surface area (TPSA) is 86.3 Å². The van der Waals surface area contributed by atoms with Gasteiger partial charge in [-0.25, -0.2) is 9.07 Å². The van der Waals surface area contributed by atoms with Gasteiger partial charge in [0.05, 0.1) is 5.75 Å². The zero-order valence-corrected chi connectivity index (χ0v) is 17.7. The van der Waals surface area contributed by atoms with Crippen molar-refractivity contribution in [1.29, 1.82) is 0 Å². The predicted molar refractivity (Wildman–Crippen MR) is 114 cm³/mol. The van der Waals surface area contributed by atoms with E-state index >= 15 is 0 Å². The first-order valence-corrected chi connectivity index (χ1v) is 10.5. The summed E-state index contributed by atoms with van der Waals surface area (Å²) in [5.74, 6) is 6.79. The van der Waals surface area contributed by atoms with Gasteiger partial charge < -0.3 is 15.5 Å². The third-order valence-electron chi connectivity index (χ3n) is 4.38. The second-order valence-corrected chi connectivity index (χ2v) is 7.84. The number of hydrogen-bond donors (Lipinski definition) is 1. The van der Waals surface area contributed by atoms with Gasteiger partial charge in [-0.15, -0.1) is 10.2 Å². The Kier molecular flexibility index (Phi) is 7.29. The van der Waals surface area contributed by atoms with E-state index < -0.39 is 0 Å². The number of halogens is 1. The highest BCUT2D eigenvalue weighted by molar-refractivity contribution is 7.99. The molecule has 3 aromatic rings. The summed E-state index contributed by atoms with van der Waals surface area (Å²) in [6.07, 6.45) is 0. The molecular formula is C21H24FN5O2S. The number of aromatic nitrogens is 3. The molecule has 0 radical (unpaired) electrons. The van der Waals surface area contributed by atoms with Crippen molar-refractivity contribution < 1.29 is 13.9 Å². The Hall–Kier alpha value is -3.07. The van der Waals surface area contributed by atoms with Gasteiger partial charge in [0.2, 0.25) is 11.1 Å². The van der Waals surface area contributed by atoms with E-state index in [-0.39, 0.29) is 30.1 Å². The molecule has 0 saturated carbocycles. The van der Waals surface area contributed by atoms with Crippen LogP contribution < -0.4 is 10.6 Å². The van der Waals surface area contributed by atoms with Crippen LogP contribution >= 0.6 is 11.8 Å². The van der Waals surface area contributed by atoms with E-state index in [1.165, 1.54) is 40.7 Å². The third-order valence-corrected chi connectivity index (χ3v) is 5.31. The van der Waals surface area contributed by atoms with Crippen LogP contribution in [0.15, 0.2) is 59.8 Å². The number of amides is 1. The zero-order valence-electron chi connectivity index (χ0n) is 16.9. The maximum absolute atomic E-state index is 13.0. The molecule has 0 atom stereocenters. The molecule has 9 heteroatoms. The molecule has 30 heavy (non-hydrogen) atoms. The molecule has 7 nitrogen and oxygen atoms in total. The smallest absolute Gasteiger partial charge is 0.233 e. The molecule has 0 aliphatic carbocycles. The van der Waals surface area contributed by atoms with Crippen molar-refractivity contribution in [2.24, 2.45) is 0 Å². The van der Waals surface area contributed by atoms with Gasteiger partial charge in [0.15, 0.2) is 5.82 Å². The van der Waals surface area contributed by atoms with Crippen LogP contribution in [0.4, 0.5) is 4.39 Å². The Morgan fingerprint density at radius 2 is 1.87 bits per heavy atom. The monoisotopic (exact) mass is 429 g/mol. The molecule has 1 amide bonds. The van der Waals surface area contributed by atoms with Crippen LogP contribution in [0.2, 0.25) is 0 Å². The minimum Gasteiger partial charge on any atom is -0.486 e. The number of nitrogen functional groups attached to an aromatic ring is 1. The average Bonchev–Trinajstić information content (AvgIpc) is 3.10. The first kappa shape index (κ1) is 21.6. The van der Waals surface area contributed by atoms with E-state index in [0.717, 1.165) is 5.56 Å². The van der Waals surface area contributed by atoms with Gasteiger partial charge in [0.1, 0.15) is 18.2 Å². The molecule has 0 unspecified atom stereocenters. The number of thioether (sulfide) groups is 1. The van der Waals surface area contributed by atoms with Gasteiger partial charge in [-0.2, -0.15) is 0 Å². The zero-order chi connectivity index (χ0) is 21.5. The highest BCUT2D eigenvalue weighted by Crippen LogP contribution is 2.19. The van der Waals surface area contributed by atoms with E-state index in [4.69, 9.17) is 10.6 Å². The first-order valence-electron chi connectivity index (χ1n) is 9.48. The summed E-state index contributed by atoms with van der Waals surface area (Å²) < 4.78 is 19.8. The Morgan fingerprint density at radius 3 is 2.53 bits per heavy atom. The Morgan fingerprint density at radius 1 is 1.17 bits per heavy atom. The standard InChI is InChI=1S/C21H24FN5O2S/c1-15(2)26(12-16-6-4-3-5-7-16)20(28)14-30-21-25-24-19(27(21)23)13-29-18-10-8-17(22)9-11-18/h3-11,15H,12-14,23H2,1-2H3. The van der Waals surface area contributed by atoms with Gasteiger partial charge >= 0.3 is 0 Å². The van der Waals surface area contributed by atoms with Crippen molar-refractivity contribution in [3.63, 3.8) is 0 Å². The second-order valence-electron chi connectivity index (χ2n) is 6.90. The quantitative estimate of drug-likeness (QED) is 0.415. The maximum Gasteiger partial charge on any atom is 0.233 e. The fraction of sp³-hybridized carbons (Fsp3) is 0.286. The van der Waals surface area contributed by atoms with Crippen molar-refractivity contribution in [1.82, 2.24) is 19.8 Å². The Bertz CT molecular complexity index is 963. The first-order chi connectivity index (χ1) is 14.4. The number of nitrogens with two attached hydrogens (primary N) is 1. The minimum absolute atomic E-state index is 0.00837. The third kappa shape index (κ3) is 5.73. The van der Waals surface area contributed by atoms with Crippen LogP contribution in [0.25, 0.3) is 0 Å². The van der Waals surface area contributed by atoms with Gasteiger partial charge in [0.25, 0.3) is 0 Å². The summed E-state index contributed by atoms with van der Waals surface area (Å²) in [5, 5.41) is 8.48. The van der Waals surface area contributed by atoms with Gasteiger partial charge in [-0.05, 0) is 43.7 Å². The molecule has 0 bridgehead atoms. The molecule has 158 valence electrons. The summed E-state index contributed by atoms with van der Waals surface area (Å²) >= 11 is 1.22. The normalized spacial score (nSPS) is 10.9. The number of rotatable bonds is 9.